The van der Waals surface area contributed by atoms with Crippen LogP contribution in [0.2, 0.25) is 0 Å². The number of aliphatic carboxylic acids is 1. The van der Waals surface area contributed by atoms with Gasteiger partial charge in [0, 0.05) is 0 Å². The average molecular weight is 256 g/mol. The summed E-state index contributed by atoms with van der Waals surface area (Å²) in [7, 11) is 0. The monoisotopic (exact) mass is 256 g/mol. The minimum atomic E-state index is -1.32. The minimum absolute atomic E-state index is 0.199. The predicted molar refractivity (Wildman–Crippen MR) is 70.3 cm³/mol. The smallest absolute Gasteiger partial charge is 0.345 e. The number of hydrogen-bond donors (Lipinski definition) is 1. The van der Waals surface area contributed by atoms with Gasteiger partial charge in [0.15, 0.2) is 0 Å². The van der Waals surface area contributed by atoms with E-state index in [4.69, 9.17) is 9.84 Å². The molecule has 4 heteroatoms. The molecule has 0 saturated carbocycles. The summed E-state index contributed by atoms with van der Waals surface area (Å²) in [6, 6.07) is 0. The normalized spacial score (nSPS) is 11.9. The number of carbonyl (C=O) groups excluding carboxylic acids is 1. The number of ether oxygens (including phenoxy) is 1. The zero-order valence-corrected chi connectivity index (χ0v) is 11.4. The van der Waals surface area contributed by atoms with Crippen LogP contribution in [-0.2, 0) is 14.3 Å². The van der Waals surface area contributed by atoms with Gasteiger partial charge < -0.3 is 9.84 Å². The number of carboxylic acids is 1. The van der Waals surface area contributed by atoms with Gasteiger partial charge in [0.25, 0.3) is 0 Å². The number of hydrogen-bond acceptors (Lipinski definition) is 3. The van der Waals surface area contributed by atoms with Crippen LogP contribution in [0.3, 0.4) is 0 Å². The number of rotatable bonds is 10. The molecule has 1 unspecified atom stereocenters. The van der Waals surface area contributed by atoms with Gasteiger partial charge in [-0.05, 0) is 19.3 Å². The molecule has 0 bridgehead atoms. The molecule has 0 aliphatic rings. The first-order valence-electron chi connectivity index (χ1n) is 6.66. The van der Waals surface area contributed by atoms with E-state index in [1.54, 1.807) is 0 Å². The van der Waals surface area contributed by atoms with Crippen LogP contribution < -0.4 is 0 Å². The standard InChI is InChI=1S/C14H24O4/c1-4-6-7-8-9-10-12(5-2)18-14(17)11(3)13(15)16/h12H,3-10H2,1-2H3,(H,15,16). The Labute approximate surface area is 109 Å². The van der Waals surface area contributed by atoms with Crippen LogP contribution in [-0.4, -0.2) is 23.1 Å². The highest BCUT2D eigenvalue weighted by atomic mass is 16.5. The quantitative estimate of drug-likeness (QED) is 0.214. The summed E-state index contributed by atoms with van der Waals surface area (Å²) < 4.78 is 5.11. The molecule has 0 heterocycles. The van der Waals surface area contributed by atoms with Gasteiger partial charge in [0.1, 0.15) is 11.7 Å². The molecule has 0 amide bonds. The topological polar surface area (TPSA) is 63.6 Å². The Hall–Kier alpha value is -1.32. The van der Waals surface area contributed by atoms with Gasteiger partial charge >= 0.3 is 11.9 Å². The summed E-state index contributed by atoms with van der Waals surface area (Å²) in [4.78, 5) is 21.9. The summed E-state index contributed by atoms with van der Waals surface area (Å²) in [6.45, 7) is 7.27. The van der Waals surface area contributed by atoms with Gasteiger partial charge in [0.05, 0.1) is 0 Å². The molecular formula is C14H24O4. The van der Waals surface area contributed by atoms with Crippen molar-refractivity contribution in [2.75, 3.05) is 0 Å². The lowest BCUT2D eigenvalue weighted by Crippen LogP contribution is -2.21. The summed E-state index contributed by atoms with van der Waals surface area (Å²) in [5.74, 6) is -2.14. The first-order chi connectivity index (χ1) is 8.52. The number of esters is 1. The fraction of sp³-hybridized carbons (Fsp3) is 0.714. The predicted octanol–water partition coefficient (Wildman–Crippen LogP) is 3.31. The maximum atomic E-state index is 11.4. The molecule has 4 nitrogen and oxygen atoms in total. The van der Waals surface area contributed by atoms with Crippen LogP contribution in [0.15, 0.2) is 12.2 Å². The third-order valence-electron chi connectivity index (χ3n) is 2.86. The molecule has 104 valence electrons. The largest absolute Gasteiger partial charge is 0.477 e. The number of unbranched alkanes of at least 4 members (excludes halogenated alkanes) is 4. The van der Waals surface area contributed by atoms with Crippen LogP contribution in [0.1, 0.15) is 58.8 Å². The zero-order valence-electron chi connectivity index (χ0n) is 11.4. The molecule has 18 heavy (non-hydrogen) atoms. The molecule has 1 atom stereocenters. The van der Waals surface area contributed by atoms with Crippen LogP contribution in [0, 0.1) is 0 Å². The molecule has 0 aromatic heterocycles. The molecule has 0 aliphatic carbocycles. The van der Waals surface area contributed by atoms with Crippen molar-refractivity contribution in [1.82, 2.24) is 0 Å². The first kappa shape index (κ1) is 16.7. The van der Waals surface area contributed by atoms with E-state index in [0.29, 0.717) is 6.42 Å². The number of carbonyl (C=O) groups is 2. The zero-order chi connectivity index (χ0) is 14.0. The van der Waals surface area contributed by atoms with Crippen molar-refractivity contribution in [3.63, 3.8) is 0 Å². The van der Waals surface area contributed by atoms with Crippen molar-refractivity contribution in [3.8, 4) is 0 Å². The second-order valence-electron chi connectivity index (χ2n) is 4.42. The summed E-state index contributed by atoms with van der Waals surface area (Å²) in [5.41, 5.74) is -0.501. The van der Waals surface area contributed by atoms with Crippen molar-refractivity contribution in [1.29, 1.82) is 0 Å². The highest BCUT2D eigenvalue weighted by Gasteiger charge is 2.19. The third-order valence-corrected chi connectivity index (χ3v) is 2.86. The van der Waals surface area contributed by atoms with Gasteiger partial charge in [-0.15, -0.1) is 0 Å². The second kappa shape index (κ2) is 9.68. The first-order valence-corrected chi connectivity index (χ1v) is 6.66. The molecule has 0 saturated heterocycles. The maximum absolute atomic E-state index is 11.4. The van der Waals surface area contributed by atoms with Crippen LogP contribution in [0.5, 0.6) is 0 Å². The van der Waals surface area contributed by atoms with Crippen molar-refractivity contribution in [2.24, 2.45) is 0 Å². The van der Waals surface area contributed by atoms with E-state index in [0.717, 1.165) is 19.3 Å². The van der Waals surface area contributed by atoms with Gasteiger partial charge in [-0.3, -0.25) is 0 Å². The Morgan fingerprint density at radius 3 is 2.28 bits per heavy atom. The molecular weight excluding hydrogens is 232 g/mol. The fourth-order valence-corrected chi connectivity index (χ4v) is 1.63. The van der Waals surface area contributed by atoms with E-state index in [-0.39, 0.29) is 6.10 Å². The lowest BCUT2D eigenvalue weighted by atomic mass is 10.1. The molecule has 1 N–H and O–H groups in total. The van der Waals surface area contributed by atoms with E-state index in [1.807, 2.05) is 6.92 Å². The molecule has 0 spiro atoms. The van der Waals surface area contributed by atoms with E-state index in [9.17, 15) is 9.59 Å². The Kier molecular flexibility index (Phi) is 8.97. The van der Waals surface area contributed by atoms with E-state index >= 15 is 0 Å². The molecule has 0 aliphatic heterocycles. The Bertz CT molecular complexity index is 284. The van der Waals surface area contributed by atoms with Crippen molar-refractivity contribution >= 4 is 11.9 Å². The van der Waals surface area contributed by atoms with E-state index in [1.165, 1.54) is 19.3 Å². The second-order valence-corrected chi connectivity index (χ2v) is 4.42. The molecule has 0 radical (unpaired) electrons. The molecule has 0 aromatic carbocycles. The van der Waals surface area contributed by atoms with Gasteiger partial charge in [0.2, 0.25) is 0 Å². The molecule has 0 aromatic rings. The Morgan fingerprint density at radius 1 is 1.17 bits per heavy atom. The SMILES string of the molecule is C=C(C(=O)O)C(=O)OC(CC)CCCCCCC. The van der Waals surface area contributed by atoms with Crippen LogP contribution >= 0.6 is 0 Å². The Morgan fingerprint density at radius 2 is 1.78 bits per heavy atom. The van der Waals surface area contributed by atoms with Crippen molar-refractivity contribution in [2.45, 2.75) is 64.9 Å². The van der Waals surface area contributed by atoms with E-state index < -0.39 is 17.5 Å². The molecule has 0 rings (SSSR count). The average Bonchev–Trinajstić information content (AvgIpc) is 2.35. The van der Waals surface area contributed by atoms with Gasteiger partial charge in [-0.2, -0.15) is 0 Å². The van der Waals surface area contributed by atoms with Crippen LogP contribution in [0.4, 0.5) is 0 Å². The highest BCUT2D eigenvalue weighted by molar-refractivity contribution is 6.12. The minimum Gasteiger partial charge on any atom is -0.477 e. The Balaban J connectivity index is 3.92. The van der Waals surface area contributed by atoms with Crippen molar-refractivity contribution < 1.29 is 19.4 Å². The lowest BCUT2D eigenvalue weighted by molar-refractivity contribution is -0.148. The summed E-state index contributed by atoms with van der Waals surface area (Å²) >= 11 is 0. The number of carboxylic acid groups (broad SMARTS) is 1. The van der Waals surface area contributed by atoms with Gasteiger partial charge in [-0.25, -0.2) is 9.59 Å². The fourth-order valence-electron chi connectivity index (χ4n) is 1.63. The van der Waals surface area contributed by atoms with Crippen LogP contribution in [0.25, 0.3) is 0 Å². The van der Waals surface area contributed by atoms with Gasteiger partial charge in [-0.1, -0.05) is 46.1 Å². The third kappa shape index (κ3) is 7.09. The summed E-state index contributed by atoms with van der Waals surface area (Å²) in [5, 5.41) is 8.61. The summed E-state index contributed by atoms with van der Waals surface area (Å²) in [6.07, 6.45) is 7.05. The molecule has 0 fully saturated rings. The van der Waals surface area contributed by atoms with Crippen molar-refractivity contribution in [3.05, 3.63) is 12.2 Å². The van der Waals surface area contributed by atoms with E-state index in [2.05, 4.69) is 13.5 Å². The maximum Gasteiger partial charge on any atom is 0.345 e. The highest BCUT2D eigenvalue weighted by Crippen LogP contribution is 2.13. The lowest BCUT2D eigenvalue weighted by Gasteiger charge is -2.15.